The van der Waals surface area contributed by atoms with Gasteiger partial charge in [-0.1, -0.05) is 17.7 Å². The third-order valence-electron chi connectivity index (χ3n) is 4.39. The van der Waals surface area contributed by atoms with Gasteiger partial charge in [-0.2, -0.15) is 0 Å². The van der Waals surface area contributed by atoms with Gasteiger partial charge in [0.05, 0.1) is 19.9 Å². The van der Waals surface area contributed by atoms with E-state index in [0.717, 1.165) is 0 Å². The standard InChI is InChI=1S/C20H17ClN2O5S/c1-10-13(21)5-4-6-14(10)23-19(26)12(18(25)22-20(23)29)7-11-8-15(27-2)17(24)16(9-11)28-3/h4-9,24H,1-3H3,(H,22,25,29)/b12-7+. The Morgan fingerprint density at radius 3 is 2.38 bits per heavy atom. The van der Waals surface area contributed by atoms with Crippen LogP contribution in [0.1, 0.15) is 11.1 Å². The number of nitrogens with zero attached hydrogens (tertiary/aromatic N) is 1. The van der Waals surface area contributed by atoms with Crippen LogP contribution in [0, 0.1) is 6.92 Å². The molecule has 2 N–H and O–H groups in total. The van der Waals surface area contributed by atoms with E-state index in [1.807, 2.05) is 0 Å². The van der Waals surface area contributed by atoms with Crippen LogP contribution in [-0.4, -0.2) is 36.3 Å². The van der Waals surface area contributed by atoms with Crippen LogP contribution in [0.15, 0.2) is 35.9 Å². The van der Waals surface area contributed by atoms with Crippen LogP contribution >= 0.6 is 23.8 Å². The molecule has 0 atom stereocenters. The minimum atomic E-state index is -0.637. The van der Waals surface area contributed by atoms with Gasteiger partial charge in [0, 0.05) is 5.02 Å². The van der Waals surface area contributed by atoms with Gasteiger partial charge in [-0.3, -0.25) is 19.8 Å². The van der Waals surface area contributed by atoms with E-state index in [0.29, 0.717) is 21.8 Å². The highest BCUT2D eigenvalue weighted by Crippen LogP contribution is 2.38. The maximum absolute atomic E-state index is 13.1. The number of thiocarbonyl (C=S) groups is 1. The van der Waals surface area contributed by atoms with Gasteiger partial charge < -0.3 is 14.6 Å². The van der Waals surface area contributed by atoms with Crippen molar-refractivity contribution < 1.29 is 24.2 Å². The van der Waals surface area contributed by atoms with E-state index >= 15 is 0 Å². The number of hydrogen-bond donors (Lipinski definition) is 2. The minimum absolute atomic E-state index is 0.0385. The van der Waals surface area contributed by atoms with Gasteiger partial charge in [-0.25, -0.2) is 0 Å². The summed E-state index contributed by atoms with van der Waals surface area (Å²) in [5.74, 6) is -1.15. The van der Waals surface area contributed by atoms with Gasteiger partial charge in [0.2, 0.25) is 5.75 Å². The summed E-state index contributed by atoms with van der Waals surface area (Å²) >= 11 is 11.4. The summed E-state index contributed by atoms with van der Waals surface area (Å²) in [4.78, 5) is 26.8. The van der Waals surface area contributed by atoms with Crippen molar-refractivity contribution in [2.24, 2.45) is 0 Å². The zero-order chi connectivity index (χ0) is 21.3. The molecule has 7 nitrogen and oxygen atoms in total. The predicted molar refractivity (Wildman–Crippen MR) is 114 cm³/mol. The molecule has 1 aliphatic heterocycles. The Labute approximate surface area is 177 Å². The topological polar surface area (TPSA) is 88.1 Å². The lowest BCUT2D eigenvalue weighted by atomic mass is 10.0. The van der Waals surface area contributed by atoms with Crippen LogP contribution in [0.4, 0.5) is 5.69 Å². The smallest absolute Gasteiger partial charge is 0.270 e. The second-order valence-corrected chi connectivity index (χ2v) is 6.91. The van der Waals surface area contributed by atoms with Crippen molar-refractivity contribution in [3.05, 3.63) is 52.1 Å². The van der Waals surface area contributed by atoms with Gasteiger partial charge in [-0.15, -0.1) is 0 Å². The minimum Gasteiger partial charge on any atom is -0.502 e. The second kappa shape index (κ2) is 8.10. The lowest BCUT2D eigenvalue weighted by Gasteiger charge is -2.30. The molecule has 2 aromatic carbocycles. The lowest BCUT2D eigenvalue weighted by Crippen LogP contribution is -2.54. The number of methoxy groups -OCH3 is 2. The van der Waals surface area contributed by atoms with Crippen molar-refractivity contribution in [2.45, 2.75) is 6.92 Å². The molecule has 150 valence electrons. The fraction of sp³-hybridized carbons (Fsp3) is 0.150. The Morgan fingerprint density at radius 2 is 1.79 bits per heavy atom. The second-order valence-electron chi connectivity index (χ2n) is 6.12. The first kappa shape index (κ1) is 20.6. The molecule has 0 bridgehead atoms. The third kappa shape index (κ3) is 3.76. The van der Waals surface area contributed by atoms with E-state index in [1.54, 1.807) is 25.1 Å². The number of aromatic hydroxyl groups is 1. The number of carbonyl (C=O) groups excluding carboxylic acids is 2. The number of anilines is 1. The molecule has 29 heavy (non-hydrogen) atoms. The number of benzene rings is 2. The number of hydrogen-bond acceptors (Lipinski definition) is 6. The Bertz CT molecular complexity index is 1040. The Morgan fingerprint density at radius 1 is 1.17 bits per heavy atom. The molecule has 0 unspecified atom stereocenters. The molecule has 0 radical (unpaired) electrons. The average Bonchev–Trinajstić information content (AvgIpc) is 2.69. The molecule has 0 spiro atoms. The van der Waals surface area contributed by atoms with Gasteiger partial charge in [0.1, 0.15) is 5.57 Å². The zero-order valence-electron chi connectivity index (χ0n) is 15.8. The summed E-state index contributed by atoms with van der Waals surface area (Å²) in [5.41, 5.74) is 1.39. The molecular formula is C20H17ClN2O5S. The van der Waals surface area contributed by atoms with E-state index in [9.17, 15) is 14.7 Å². The van der Waals surface area contributed by atoms with Gasteiger partial charge in [-0.05, 0) is 60.6 Å². The molecule has 0 aromatic heterocycles. The van der Waals surface area contributed by atoms with Crippen molar-refractivity contribution in [1.82, 2.24) is 5.32 Å². The molecule has 1 fully saturated rings. The number of rotatable bonds is 4. The quantitative estimate of drug-likeness (QED) is 0.438. The first-order valence-electron chi connectivity index (χ1n) is 8.40. The van der Waals surface area contributed by atoms with Crippen molar-refractivity contribution >= 4 is 52.5 Å². The van der Waals surface area contributed by atoms with Gasteiger partial charge in [0.25, 0.3) is 11.8 Å². The SMILES string of the molecule is COc1cc(/C=C2\C(=O)NC(=S)N(c3cccc(Cl)c3C)C2=O)cc(OC)c1O. The summed E-state index contributed by atoms with van der Waals surface area (Å²) in [6, 6.07) is 8.03. The van der Waals surface area contributed by atoms with Crippen LogP contribution in [0.25, 0.3) is 6.08 Å². The highest BCUT2D eigenvalue weighted by Gasteiger charge is 2.35. The summed E-state index contributed by atoms with van der Waals surface area (Å²) in [5, 5.41) is 13.0. The van der Waals surface area contributed by atoms with Crippen LogP contribution in [-0.2, 0) is 9.59 Å². The Balaban J connectivity index is 2.10. The Hall–Kier alpha value is -3.10. The van der Waals surface area contributed by atoms with Crippen LogP contribution in [0.5, 0.6) is 17.2 Å². The molecule has 3 rings (SSSR count). The monoisotopic (exact) mass is 432 g/mol. The van der Waals surface area contributed by atoms with Crippen LogP contribution in [0.3, 0.4) is 0 Å². The average molecular weight is 433 g/mol. The van der Waals surface area contributed by atoms with Crippen LogP contribution < -0.4 is 19.7 Å². The van der Waals surface area contributed by atoms with E-state index in [-0.39, 0.29) is 27.9 Å². The molecular weight excluding hydrogens is 416 g/mol. The number of phenolic OH excluding ortho intramolecular Hbond substituents is 1. The number of carbonyl (C=O) groups is 2. The van der Waals surface area contributed by atoms with Crippen molar-refractivity contribution in [1.29, 1.82) is 0 Å². The summed E-state index contributed by atoms with van der Waals surface area (Å²) in [6.45, 7) is 1.75. The number of halogens is 1. The highest BCUT2D eigenvalue weighted by atomic mass is 35.5. The van der Waals surface area contributed by atoms with Crippen molar-refractivity contribution in [2.75, 3.05) is 19.1 Å². The highest BCUT2D eigenvalue weighted by molar-refractivity contribution is 7.80. The third-order valence-corrected chi connectivity index (χ3v) is 5.09. The number of phenols is 1. The van der Waals surface area contributed by atoms with Crippen molar-refractivity contribution in [3.8, 4) is 17.2 Å². The first-order chi connectivity index (χ1) is 13.8. The summed E-state index contributed by atoms with van der Waals surface area (Å²) in [6.07, 6.45) is 1.37. The molecule has 1 aliphatic rings. The molecule has 2 amide bonds. The van der Waals surface area contributed by atoms with Crippen molar-refractivity contribution in [3.63, 3.8) is 0 Å². The van der Waals surface area contributed by atoms with E-state index in [2.05, 4.69) is 5.32 Å². The first-order valence-corrected chi connectivity index (χ1v) is 9.18. The Kier molecular flexibility index (Phi) is 5.76. The fourth-order valence-corrected chi connectivity index (χ4v) is 3.32. The molecule has 9 heteroatoms. The number of amides is 2. The van der Waals surface area contributed by atoms with E-state index in [1.165, 1.54) is 37.3 Å². The largest absolute Gasteiger partial charge is 0.502 e. The number of nitrogens with one attached hydrogen (secondary N) is 1. The maximum atomic E-state index is 13.1. The summed E-state index contributed by atoms with van der Waals surface area (Å²) in [7, 11) is 2.76. The maximum Gasteiger partial charge on any atom is 0.270 e. The molecule has 0 saturated carbocycles. The zero-order valence-corrected chi connectivity index (χ0v) is 17.4. The fourth-order valence-electron chi connectivity index (χ4n) is 2.88. The van der Waals surface area contributed by atoms with Crippen LogP contribution in [0.2, 0.25) is 5.02 Å². The van der Waals surface area contributed by atoms with E-state index in [4.69, 9.17) is 33.3 Å². The summed E-state index contributed by atoms with van der Waals surface area (Å²) < 4.78 is 10.2. The molecule has 0 aliphatic carbocycles. The van der Waals surface area contributed by atoms with E-state index < -0.39 is 11.8 Å². The number of ether oxygens (including phenoxy) is 2. The van der Waals surface area contributed by atoms with Gasteiger partial charge >= 0.3 is 0 Å². The normalized spacial score (nSPS) is 15.5. The molecule has 2 aromatic rings. The lowest BCUT2D eigenvalue weighted by molar-refractivity contribution is -0.122. The molecule has 1 heterocycles. The molecule has 1 saturated heterocycles. The van der Waals surface area contributed by atoms with Gasteiger partial charge in [0.15, 0.2) is 16.6 Å². The predicted octanol–water partition coefficient (Wildman–Crippen LogP) is 3.20.